The van der Waals surface area contributed by atoms with Crippen LogP contribution < -0.4 is 0 Å². The van der Waals surface area contributed by atoms with Crippen LogP contribution in [0.25, 0.3) is 0 Å². The van der Waals surface area contributed by atoms with E-state index >= 15 is 0 Å². The summed E-state index contributed by atoms with van der Waals surface area (Å²) in [6.45, 7) is 0. The van der Waals surface area contributed by atoms with Gasteiger partial charge in [-0.25, -0.2) is 8.42 Å². The molecular weight excluding hydrogens is 286 g/mol. The summed E-state index contributed by atoms with van der Waals surface area (Å²) < 4.78 is 26.8. The summed E-state index contributed by atoms with van der Waals surface area (Å²) in [7, 11) is -3.67. The Morgan fingerprint density at radius 3 is 2.84 bits per heavy atom. The molecular formula is C12H15NO4S2. The third kappa shape index (κ3) is 2.00. The average molecular weight is 301 g/mol. The first kappa shape index (κ1) is 13.1. The van der Waals surface area contributed by atoms with Gasteiger partial charge in [0.15, 0.2) is 0 Å². The smallest absolute Gasteiger partial charge is 0.322 e. The first-order chi connectivity index (χ1) is 9.01. The van der Waals surface area contributed by atoms with Crippen molar-refractivity contribution in [2.45, 2.75) is 42.0 Å². The Balaban J connectivity index is 2.03. The number of sulfonamides is 1. The van der Waals surface area contributed by atoms with Gasteiger partial charge in [-0.15, -0.1) is 11.3 Å². The van der Waals surface area contributed by atoms with E-state index in [1.165, 1.54) is 4.31 Å². The monoisotopic (exact) mass is 301 g/mol. The molecule has 1 aromatic heterocycles. The second-order valence-corrected chi connectivity index (χ2v) is 8.13. The largest absolute Gasteiger partial charge is 0.480 e. The molecule has 0 spiro atoms. The lowest BCUT2D eigenvalue weighted by Crippen LogP contribution is -2.44. The molecule has 0 unspecified atom stereocenters. The van der Waals surface area contributed by atoms with E-state index in [4.69, 9.17) is 0 Å². The van der Waals surface area contributed by atoms with Crippen LogP contribution in [0.15, 0.2) is 21.7 Å². The van der Waals surface area contributed by atoms with Gasteiger partial charge in [0, 0.05) is 6.04 Å². The topological polar surface area (TPSA) is 74.7 Å². The fraction of sp³-hybridized carbons (Fsp3) is 0.583. The van der Waals surface area contributed by atoms with E-state index in [2.05, 4.69) is 0 Å². The minimum Gasteiger partial charge on any atom is -0.480 e. The van der Waals surface area contributed by atoms with Gasteiger partial charge in [-0.05, 0) is 36.6 Å². The number of hydrogen-bond donors (Lipinski definition) is 1. The predicted molar refractivity (Wildman–Crippen MR) is 70.5 cm³/mol. The molecule has 3 atom stereocenters. The lowest BCUT2D eigenvalue weighted by molar-refractivity contribution is -0.141. The number of carboxylic acids is 1. The fourth-order valence-electron chi connectivity index (χ4n) is 3.32. The van der Waals surface area contributed by atoms with Gasteiger partial charge >= 0.3 is 5.97 Å². The lowest BCUT2D eigenvalue weighted by Gasteiger charge is -2.25. The summed E-state index contributed by atoms with van der Waals surface area (Å²) >= 11 is 1.14. The molecule has 1 aliphatic heterocycles. The van der Waals surface area contributed by atoms with Gasteiger partial charge in [0.25, 0.3) is 10.0 Å². The highest BCUT2D eigenvalue weighted by Crippen LogP contribution is 2.44. The van der Waals surface area contributed by atoms with Crippen LogP contribution in [-0.2, 0) is 14.8 Å². The van der Waals surface area contributed by atoms with E-state index in [1.807, 2.05) is 0 Å². The highest BCUT2D eigenvalue weighted by atomic mass is 32.2. The van der Waals surface area contributed by atoms with Crippen molar-refractivity contribution >= 4 is 27.3 Å². The molecule has 2 aliphatic rings. The molecule has 1 saturated carbocycles. The number of carboxylic acid groups (broad SMARTS) is 1. The van der Waals surface area contributed by atoms with Crippen molar-refractivity contribution in [1.82, 2.24) is 4.31 Å². The molecule has 1 saturated heterocycles. The molecule has 0 radical (unpaired) electrons. The maximum Gasteiger partial charge on any atom is 0.322 e. The highest BCUT2D eigenvalue weighted by Gasteiger charge is 2.52. The molecule has 1 N–H and O–H groups in total. The number of nitrogens with zero attached hydrogens (tertiary/aromatic N) is 1. The zero-order valence-electron chi connectivity index (χ0n) is 10.2. The Morgan fingerprint density at radius 2 is 2.21 bits per heavy atom. The SMILES string of the molecule is O=C(O)[C@H]1C[C@H]2CCC[C@H]2N1S(=O)(=O)c1cccs1. The van der Waals surface area contributed by atoms with Crippen molar-refractivity contribution in [2.24, 2.45) is 5.92 Å². The van der Waals surface area contributed by atoms with Crippen molar-refractivity contribution in [3.63, 3.8) is 0 Å². The van der Waals surface area contributed by atoms with Crippen LogP contribution in [0.4, 0.5) is 0 Å². The number of aliphatic carboxylic acids is 1. The Bertz CT molecular complexity index is 581. The van der Waals surface area contributed by atoms with Crippen LogP contribution in [0.5, 0.6) is 0 Å². The molecule has 1 aliphatic carbocycles. The first-order valence-corrected chi connectivity index (χ1v) is 8.63. The highest BCUT2D eigenvalue weighted by molar-refractivity contribution is 7.91. The van der Waals surface area contributed by atoms with Crippen LogP contribution in [0, 0.1) is 5.92 Å². The standard InChI is InChI=1S/C12H15NO4S2/c14-12(15)10-7-8-3-1-4-9(8)13(10)19(16,17)11-5-2-6-18-11/h2,5-6,8-10H,1,3-4,7H2,(H,14,15)/t8-,9-,10-/m1/s1. The molecule has 19 heavy (non-hydrogen) atoms. The minimum atomic E-state index is -3.67. The van der Waals surface area contributed by atoms with E-state index in [9.17, 15) is 18.3 Å². The average Bonchev–Trinajstić information content (AvgIpc) is 3.04. The number of rotatable bonds is 3. The molecule has 5 nitrogen and oxygen atoms in total. The van der Waals surface area contributed by atoms with Crippen molar-refractivity contribution in [1.29, 1.82) is 0 Å². The maximum atomic E-state index is 12.6. The van der Waals surface area contributed by atoms with E-state index in [-0.39, 0.29) is 16.2 Å². The molecule has 0 aromatic carbocycles. The Hall–Kier alpha value is -0.920. The molecule has 7 heteroatoms. The second-order valence-electron chi connectivity index (χ2n) is 5.12. The third-order valence-corrected chi connectivity index (χ3v) is 7.40. The maximum absolute atomic E-state index is 12.6. The summed E-state index contributed by atoms with van der Waals surface area (Å²) in [6, 6.07) is 2.19. The third-order valence-electron chi connectivity index (χ3n) is 4.09. The normalized spacial score (nSPS) is 31.5. The Kier molecular flexibility index (Phi) is 3.15. The predicted octanol–water partition coefficient (Wildman–Crippen LogP) is 1.76. The van der Waals surface area contributed by atoms with Gasteiger partial charge in [-0.2, -0.15) is 4.31 Å². The van der Waals surface area contributed by atoms with Gasteiger partial charge in [-0.3, -0.25) is 4.79 Å². The zero-order chi connectivity index (χ0) is 13.6. The number of carbonyl (C=O) groups is 1. The first-order valence-electron chi connectivity index (χ1n) is 6.31. The van der Waals surface area contributed by atoms with Gasteiger partial charge in [0.05, 0.1) is 0 Å². The molecule has 2 fully saturated rings. The summed E-state index contributed by atoms with van der Waals surface area (Å²) in [5, 5.41) is 11.0. The van der Waals surface area contributed by atoms with Crippen LogP contribution >= 0.6 is 11.3 Å². The Morgan fingerprint density at radius 1 is 1.42 bits per heavy atom. The summed E-state index contributed by atoms with van der Waals surface area (Å²) in [4.78, 5) is 11.4. The van der Waals surface area contributed by atoms with Gasteiger partial charge in [-0.1, -0.05) is 12.5 Å². The molecule has 0 amide bonds. The quantitative estimate of drug-likeness (QED) is 0.923. The second kappa shape index (κ2) is 4.57. The van der Waals surface area contributed by atoms with Gasteiger partial charge in [0.2, 0.25) is 0 Å². The van der Waals surface area contributed by atoms with Crippen molar-refractivity contribution in [3.8, 4) is 0 Å². The molecule has 0 bridgehead atoms. The fourth-order valence-corrected chi connectivity index (χ4v) is 6.28. The van der Waals surface area contributed by atoms with E-state index in [0.29, 0.717) is 6.42 Å². The van der Waals surface area contributed by atoms with Crippen LogP contribution in [-0.4, -0.2) is 35.9 Å². The van der Waals surface area contributed by atoms with E-state index < -0.39 is 22.0 Å². The number of fused-ring (bicyclic) bond motifs is 1. The molecule has 3 rings (SSSR count). The summed E-state index contributed by atoms with van der Waals surface area (Å²) in [5.74, 6) is -0.828. The summed E-state index contributed by atoms with van der Waals surface area (Å²) in [6.07, 6.45) is 3.15. The van der Waals surface area contributed by atoms with Crippen molar-refractivity contribution in [3.05, 3.63) is 17.5 Å². The van der Waals surface area contributed by atoms with Crippen molar-refractivity contribution in [2.75, 3.05) is 0 Å². The zero-order valence-corrected chi connectivity index (χ0v) is 11.9. The Labute approximate surface area is 115 Å². The minimum absolute atomic E-state index is 0.131. The molecule has 2 heterocycles. The van der Waals surface area contributed by atoms with E-state index in [0.717, 1.165) is 30.6 Å². The molecule has 1 aromatic rings. The number of thiophene rings is 1. The van der Waals surface area contributed by atoms with Crippen LogP contribution in [0.3, 0.4) is 0 Å². The van der Waals surface area contributed by atoms with E-state index in [1.54, 1.807) is 17.5 Å². The molecule has 104 valence electrons. The van der Waals surface area contributed by atoms with Crippen molar-refractivity contribution < 1.29 is 18.3 Å². The van der Waals surface area contributed by atoms with Crippen LogP contribution in [0.1, 0.15) is 25.7 Å². The van der Waals surface area contributed by atoms with Crippen LogP contribution in [0.2, 0.25) is 0 Å². The number of hydrogen-bond acceptors (Lipinski definition) is 4. The summed E-state index contributed by atoms with van der Waals surface area (Å²) in [5.41, 5.74) is 0. The van der Waals surface area contributed by atoms with Gasteiger partial charge in [0.1, 0.15) is 10.3 Å². The lowest BCUT2D eigenvalue weighted by atomic mass is 10.0. The van der Waals surface area contributed by atoms with Gasteiger partial charge < -0.3 is 5.11 Å².